The molecule has 1 fully saturated rings. The average Bonchev–Trinajstić information content (AvgIpc) is 3.45. The highest BCUT2D eigenvalue weighted by Gasteiger charge is 2.50. The van der Waals surface area contributed by atoms with Crippen LogP contribution >= 0.6 is 34.8 Å². The van der Waals surface area contributed by atoms with Crippen LogP contribution in [0.4, 0.5) is 5.69 Å². The lowest BCUT2D eigenvalue weighted by Gasteiger charge is -2.26. The van der Waals surface area contributed by atoms with Crippen molar-refractivity contribution in [1.29, 1.82) is 0 Å². The highest BCUT2D eigenvalue weighted by molar-refractivity contribution is 7.95. The molecule has 1 aliphatic heterocycles. The zero-order valence-electron chi connectivity index (χ0n) is 17.7. The summed E-state index contributed by atoms with van der Waals surface area (Å²) in [6, 6.07) is 11.9. The van der Waals surface area contributed by atoms with Crippen LogP contribution in [-0.4, -0.2) is 36.7 Å². The van der Waals surface area contributed by atoms with E-state index >= 15 is 0 Å². The minimum atomic E-state index is -3.90. The molecule has 34 heavy (non-hydrogen) atoms. The van der Waals surface area contributed by atoms with Crippen LogP contribution in [0.2, 0.25) is 15.1 Å². The molecule has 0 atom stereocenters. The van der Waals surface area contributed by atoms with Crippen LogP contribution in [0.15, 0.2) is 47.9 Å². The van der Waals surface area contributed by atoms with Gasteiger partial charge < -0.3 is 11.1 Å². The van der Waals surface area contributed by atoms with E-state index in [1.165, 1.54) is 7.05 Å². The van der Waals surface area contributed by atoms with Gasteiger partial charge in [-0.05, 0) is 43.2 Å². The smallest absolute Gasteiger partial charge is 0.259 e. The van der Waals surface area contributed by atoms with Gasteiger partial charge in [-0.15, -0.1) is 0 Å². The van der Waals surface area contributed by atoms with Gasteiger partial charge in [-0.3, -0.25) is 9.10 Å². The van der Waals surface area contributed by atoms with Gasteiger partial charge in [-0.1, -0.05) is 46.9 Å². The average molecular weight is 539 g/mol. The Morgan fingerprint density at radius 3 is 2.32 bits per heavy atom. The Hall–Kier alpha value is -2.72. The van der Waals surface area contributed by atoms with Gasteiger partial charge in [-0.25, -0.2) is 13.1 Å². The first-order chi connectivity index (χ1) is 16.0. The highest BCUT2D eigenvalue weighted by atomic mass is 35.5. The lowest BCUT2D eigenvalue weighted by atomic mass is 10.1. The molecule has 12 heteroatoms. The third-order valence-electron chi connectivity index (χ3n) is 5.93. The highest BCUT2D eigenvalue weighted by Crippen LogP contribution is 2.45. The van der Waals surface area contributed by atoms with E-state index in [4.69, 9.17) is 45.6 Å². The molecule has 3 N–H and O–H groups in total. The van der Waals surface area contributed by atoms with Crippen LogP contribution in [0, 0.1) is 0 Å². The number of carbonyl (C=O) groups excluding carboxylic acids is 1. The van der Waals surface area contributed by atoms with Crippen LogP contribution in [0.5, 0.6) is 0 Å². The number of anilines is 1. The summed E-state index contributed by atoms with van der Waals surface area (Å²) in [6.45, 7) is 0. The van der Waals surface area contributed by atoms with Gasteiger partial charge in [0.15, 0.2) is 0 Å². The van der Waals surface area contributed by atoms with E-state index in [1.807, 2.05) is 0 Å². The van der Waals surface area contributed by atoms with E-state index in [0.717, 1.165) is 9.71 Å². The Kier molecular flexibility index (Phi) is 5.36. The number of nitrogens with two attached hydrogens (primary N) is 1. The number of rotatable bonds is 5. The molecule has 2 aromatic carbocycles. The summed E-state index contributed by atoms with van der Waals surface area (Å²) < 4.78 is 28.9. The van der Waals surface area contributed by atoms with Gasteiger partial charge in [0.25, 0.3) is 10.0 Å². The summed E-state index contributed by atoms with van der Waals surface area (Å²) in [6.07, 6.45) is 0.997. The minimum Gasteiger partial charge on any atom is -0.369 e. The van der Waals surface area contributed by atoms with Crippen molar-refractivity contribution in [3.8, 4) is 16.9 Å². The number of benzene rings is 2. The summed E-state index contributed by atoms with van der Waals surface area (Å²) in [5, 5.41) is 10.1. The number of sulfonamides is 1. The maximum absolute atomic E-state index is 13.1. The summed E-state index contributed by atoms with van der Waals surface area (Å²) in [4.78, 5) is 12.0. The monoisotopic (exact) mass is 537 g/mol. The predicted molar refractivity (Wildman–Crippen MR) is 134 cm³/mol. The van der Waals surface area contributed by atoms with E-state index in [9.17, 15) is 13.2 Å². The van der Waals surface area contributed by atoms with E-state index < -0.39 is 21.5 Å². The number of aromatic nitrogens is 2. The number of halogens is 3. The van der Waals surface area contributed by atoms with E-state index in [-0.39, 0.29) is 5.70 Å². The Balaban J connectivity index is 1.80. The number of nitrogens with zero attached hydrogens (tertiary/aromatic N) is 3. The fourth-order valence-corrected chi connectivity index (χ4v) is 5.57. The number of amides is 1. The number of fused-ring (bicyclic) bond motifs is 1. The van der Waals surface area contributed by atoms with Crippen LogP contribution in [-0.2, 0) is 14.8 Å². The Morgan fingerprint density at radius 1 is 1.09 bits per heavy atom. The fourth-order valence-electron chi connectivity index (χ4n) is 3.90. The molecule has 1 saturated carbocycles. The largest absolute Gasteiger partial charge is 0.369 e. The quantitative estimate of drug-likeness (QED) is 0.506. The first-order valence-electron chi connectivity index (χ1n) is 10.2. The maximum Gasteiger partial charge on any atom is 0.259 e. The summed E-state index contributed by atoms with van der Waals surface area (Å²) in [5.41, 5.74) is 7.03. The number of hydrogen-bond acceptors (Lipinski definition) is 5. The van der Waals surface area contributed by atoms with Crippen molar-refractivity contribution in [2.75, 3.05) is 11.4 Å². The Labute approximate surface area is 210 Å². The molecule has 0 spiro atoms. The molecule has 1 aliphatic carbocycles. The second kappa shape index (κ2) is 7.91. The molecule has 1 amide bonds. The molecule has 3 aromatic rings. The normalized spacial score (nSPS) is 17.6. The van der Waals surface area contributed by atoms with Crippen molar-refractivity contribution in [3.05, 3.63) is 68.6 Å². The lowest BCUT2D eigenvalue weighted by Crippen LogP contribution is -2.44. The van der Waals surface area contributed by atoms with Gasteiger partial charge >= 0.3 is 0 Å². The maximum atomic E-state index is 13.1. The molecular formula is C22H18Cl3N5O3S. The molecular weight excluding hydrogens is 521 g/mol. The molecule has 8 nitrogen and oxygen atoms in total. The van der Waals surface area contributed by atoms with E-state index in [0.29, 0.717) is 56.2 Å². The number of nitrogens with one attached hydrogen (secondary N) is 1. The van der Waals surface area contributed by atoms with Gasteiger partial charge in [0, 0.05) is 22.7 Å². The molecule has 176 valence electrons. The van der Waals surface area contributed by atoms with Crippen LogP contribution in [0.3, 0.4) is 0 Å². The van der Waals surface area contributed by atoms with Crippen LogP contribution in [0.1, 0.15) is 18.5 Å². The summed E-state index contributed by atoms with van der Waals surface area (Å²) in [5.74, 6) is -0.552. The molecule has 0 saturated heterocycles. The van der Waals surface area contributed by atoms with Crippen molar-refractivity contribution in [2.45, 2.75) is 18.4 Å². The van der Waals surface area contributed by atoms with Crippen molar-refractivity contribution in [1.82, 2.24) is 15.1 Å². The van der Waals surface area contributed by atoms with Crippen molar-refractivity contribution < 1.29 is 13.2 Å². The molecule has 2 aliphatic rings. The van der Waals surface area contributed by atoms with Crippen LogP contribution < -0.4 is 15.4 Å². The second-order valence-electron chi connectivity index (χ2n) is 8.18. The second-order valence-corrected chi connectivity index (χ2v) is 11.3. The SMILES string of the molecule is CN1c2c(nn(-c3ccc(Cl)cc3Cl)c2-c2ccc(Cl)cc2)C(NC2(C(N)=O)CC2)=CS1(=O)=O. The number of hydrogen-bond donors (Lipinski definition) is 2. The van der Waals surface area contributed by atoms with Crippen molar-refractivity contribution >= 4 is 62.1 Å². The molecule has 1 aromatic heterocycles. The molecule has 0 bridgehead atoms. The van der Waals surface area contributed by atoms with Gasteiger partial charge in [0.1, 0.15) is 16.9 Å². The third-order valence-corrected chi connectivity index (χ3v) is 8.20. The zero-order chi connectivity index (χ0) is 24.4. The zero-order valence-corrected chi connectivity index (χ0v) is 20.8. The standard InChI is InChI=1S/C22H18Cl3N5O3S/c1-29-20-18(16(11-34(29,32)33)27-22(8-9-22)21(26)31)28-30(17-7-6-14(24)10-15(17)25)19(20)12-2-4-13(23)5-3-12/h2-7,10-11,27H,8-9H2,1H3,(H2,26,31). The van der Waals surface area contributed by atoms with E-state index in [2.05, 4.69) is 5.32 Å². The summed E-state index contributed by atoms with van der Waals surface area (Å²) in [7, 11) is -2.45. The Bertz CT molecular complexity index is 1480. The molecule has 0 unspecified atom stereocenters. The number of primary amides is 1. The number of carbonyl (C=O) groups is 1. The van der Waals surface area contributed by atoms with Gasteiger partial charge in [-0.2, -0.15) is 5.10 Å². The Morgan fingerprint density at radius 2 is 1.74 bits per heavy atom. The predicted octanol–water partition coefficient (Wildman–Crippen LogP) is 4.19. The lowest BCUT2D eigenvalue weighted by molar-refractivity contribution is -0.120. The van der Waals surface area contributed by atoms with E-state index in [1.54, 1.807) is 47.1 Å². The van der Waals surface area contributed by atoms with Crippen molar-refractivity contribution in [2.24, 2.45) is 5.73 Å². The first kappa shape index (κ1) is 23.0. The van der Waals surface area contributed by atoms with Gasteiger partial charge in [0.05, 0.1) is 27.5 Å². The first-order valence-corrected chi connectivity index (χ1v) is 12.8. The topological polar surface area (TPSA) is 110 Å². The molecule has 0 radical (unpaired) electrons. The van der Waals surface area contributed by atoms with Gasteiger partial charge in [0.2, 0.25) is 5.91 Å². The molecule has 2 heterocycles. The fraction of sp³-hybridized carbons (Fsp3) is 0.182. The van der Waals surface area contributed by atoms with Crippen LogP contribution in [0.25, 0.3) is 22.6 Å². The van der Waals surface area contributed by atoms with Crippen molar-refractivity contribution in [3.63, 3.8) is 0 Å². The summed E-state index contributed by atoms with van der Waals surface area (Å²) >= 11 is 18.7. The third kappa shape index (κ3) is 3.73. The minimum absolute atomic E-state index is 0.184. The molecule has 5 rings (SSSR count).